The van der Waals surface area contributed by atoms with E-state index in [9.17, 15) is 0 Å². The van der Waals surface area contributed by atoms with E-state index in [1.807, 2.05) is 6.08 Å². The number of hydrogen-bond acceptors (Lipinski definition) is 1. The van der Waals surface area contributed by atoms with Crippen molar-refractivity contribution < 1.29 is 0 Å². The van der Waals surface area contributed by atoms with Crippen LogP contribution in [-0.2, 0) is 0 Å². The van der Waals surface area contributed by atoms with Crippen molar-refractivity contribution in [3.8, 4) is 0 Å². The third-order valence-electron chi connectivity index (χ3n) is 1.52. The molecular weight excluding hydrogens is 122 g/mol. The highest BCUT2D eigenvalue weighted by Gasteiger charge is 1.90. The monoisotopic (exact) mass is 139 g/mol. The van der Waals surface area contributed by atoms with Crippen LogP contribution in [0, 0.1) is 0 Å². The normalized spacial score (nSPS) is 11.6. The molecule has 0 unspecified atom stereocenters. The predicted octanol–water partition coefficient (Wildman–Crippen LogP) is 2.25. The Kier molecular flexibility index (Phi) is 6.19. The van der Waals surface area contributed by atoms with Crippen LogP contribution in [-0.4, -0.2) is 6.54 Å². The zero-order valence-electron chi connectivity index (χ0n) is 6.77. The highest BCUT2D eigenvalue weighted by molar-refractivity contribution is 5.04. The summed E-state index contributed by atoms with van der Waals surface area (Å²) in [5, 5.41) is 0. The van der Waals surface area contributed by atoms with Crippen LogP contribution in [0.3, 0.4) is 0 Å². The molecule has 0 aliphatic heterocycles. The molecule has 0 aromatic carbocycles. The van der Waals surface area contributed by atoms with Crippen LogP contribution < -0.4 is 5.73 Å². The van der Waals surface area contributed by atoms with Gasteiger partial charge >= 0.3 is 0 Å². The first-order valence-electron chi connectivity index (χ1n) is 3.80. The van der Waals surface area contributed by atoms with Gasteiger partial charge in [0.05, 0.1) is 0 Å². The van der Waals surface area contributed by atoms with E-state index in [0.717, 1.165) is 25.8 Å². The first-order valence-corrected chi connectivity index (χ1v) is 3.80. The van der Waals surface area contributed by atoms with Crippen molar-refractivity contribution in [1.29, 1.82) is 0 Å². The van der Waals surface area contributed by atoms with Gasteiger partial charge < -0.3 is 5.73 Å². The van der Waals surface area contributed by atoms with Crippen LogP contribution in [0.15, 0.2) is 24.3 Å². The molecule has 0 rings (SSSR count). The van der Waals surface area contributed by atoms with E-state index >= 15 is 0 Å². The van der Waals surface area contributed by atoms with Crippen molar-refractivity contribution in [2.75, 3.05) is 6.54 Å². The molecule has 0 heterocycles. The lowest BCUT2D eigenvalue weighted by Crippen LogP contribution is -1.98. The average molecular weight is 139 g/mol. The minimum Gasteiger partial charge on any atom is -0.330 e. The molecule has 0 radical (unpaired) electrons. The lowest BCUT2D eigenvalue weighted by molar-refractivity contribution is 0.807. The van der Waals surface area contributed by atoms with E-state index in [0.29, 0.717) is 0 Å². The molecule has 0 aromatic rings. The number of nitrogens with two attached hydrogens (primary N) is 1. The van der Waals surface area contributed by atoms with Gasteiger partial charge in [0.2, 0.25) is 0 Å². The van der Waals surface area contributed by atoms with Crippen LogP contribution in [0.5, 0.6) is 0 Å². The molecule has 1 nitrogen and oxygen atoms in total. The first kappa shape index (κ1) is 9.44. The summed E-state index contributed by atoms with van der Waals surface area (Å²) < 4.78 is 0. The van der Waals surface area contributed by atoms with Crippen molar-refractivity contribution in [3.63, 3.8) is 0 Å². The van der Waals surface area contributed by atoms with E-state index in [1.54, 1.807) is 0 Å². The lowest BCUT2D eigenvalue weighted by Gasteiger charge is -2.00. The zero-order valence-corrected chi connectivity index (χ0v) is 6.77. The molecular formula is C9H17N. The van der Waals surface area contributed by atoms with Gasteiger partial charge in [-0.2, -0.15) is 0 Å². The molecule has 0 spiro atoms. The van der Waals surface area contributed by atoms with Crippen LogP contribution in [0.25, 0.3) is 0 Å². The van der Waals surface area contributed by atoms with Crippen LogP contribution in [0.2, 0.25) is 0 Å². The fraction of sp³-hybridized carbons (Fsp3) is 0.556. The number of rotatable bonds is 5. The second-order valence-corrected chi connectivity index (χ2v) is 2.33. The summed E-state index contributed by atoms with van der Waals surface area (Å²) in [5.41, 5.74) is 6.82. The summed E-state index contributed by atoms with van der Waals surface area (Å²) in [5.74, 6) is 0. The SMILES string of the molecule is C=CC/C(=C\C)CCCN. The summed E-state index contributed by atoms with van der Waals surface area (Å²) in [7, 11) is 0. The topological polar surface area (TPSA) is 26.0 Å². The van der Waals surface area contributed by atoms with Gasteiger partial charge in [-0.25, -0.2) is 0 Å². The van der Waals surface area contributed by atoms with Gasteiger partial charge in [0.1, 0.15) is 0 Å². The summed E-state index contributed by atoms with van der Waals surface area (Å²) >= 11 is 0. The van der Waals surface area contributed by atoms with E-state index in [-0.39, 0.29) is 0 Å². The molecule has 0 saturated carbocycles. The molecule has 0 fully saturated rings. The maximum Gasteiger partial charge on any atom is -0.00742 e. The van der Waals surface area contributed by atoms with Crippen molar-refractivity contribution >= 4 is 0 Å². The van der Waals surface area contributed by atoms with Crippen molar-refractivity contribution in [2.24, 2.45) is 5.73 Å². The van der Waals surface area contributed by atoms with Gasteiger partial charge in [-0.15, -0.1) is 6.58 Å². The highest BCUT2D eigenvalue weighted by atomic mass is 14.5. The van der Waals surface area contributed by atoms with Crippen molar-refractivity contribution in [3.05, 3.63) is 24.3 Å². The number of hydrogen-bond donors (Lipinski definition) is 1. The van der Waals surface area contributed by atoms with Gasteiger partial charge in [-0.05, 0) is 32.7 Å². The largest absolute Gasteiger partial charge is 0.330 e. The Morgan fingerprint density at radius 2 is 2.30 bits per heavy atom. The zero-order chi connectivity index (χ0) is 7.82. The molecule has 10 heavy (non-hydrogen) atoms. The second kappa shape index (κ2) is 6.56. The molecule has 0 saturated heterocycles. The molecule has 0 atom stereocenters. The van der Waals surface area contributed by atoms with E-state index in [4.69, 9.17) is 5.73 Å². The molecule has 58 valence electrons. The van der Waals surface area contributed by atoms with E-state index in [1.165, 1.54) is 5.57 Å². The third-order valence-corrected chi connectivity index (χ3v) is 1.52. The molecule has 1 heteroatoms. The Labute approximate surface area is 63.6 Å². The smallest absolute Gasteiger partial charge is 0.00742 e. The Morgan fingerprint density at radius 1 is 1.60 bits per heavy atom. The highest BCUT2D eigenvalue weighted by Crippen LogP contribution is 2.08. The maximum absolute atomic E-state index is 5.37. The Hall–Kier alpha value is -0.560. The Morgan fingerprint density at radius 3 is 2.70 bits per heavy atom. The van der Waals surface area contributed by atoms with E-state index in [2.05, 4.69) is 19.6 Å². The summed E-state index contributed by atoms with van der Waals surface area (Å²) in [4.78, 5) is 0. The number of allylic oxidation sites excluding steroid dienone is 3. The van der Waals surface area contributed by atoms with E-state index < -0.39 is 0 Å². The quantitative estimate of drug-likeness (QED) is 0.581. The molecule has 0 bridgehead atoms. The standard InChI is InChI=1S/C9H17N/c1-3-6-9(4-2)7-5-8-10/h3-4H,1,5-8,10H2,2H3/b9-4+. The maximum atomic E-state index is 5.37. The first-order chi connectivity index (χ1) is 4.85. The van der Waals surface area contributed by atoms with Crippen LogP contribution in [0.1, 0.15) is 26.2 Å². The second-order valence-electron chi connectivity index (χ2n) is 2.33. The summed E-state index contributed by atoms with van der Waals surface area (Å²) in [6, 6.07) is 0. The van der Waals surface area contributed by atoms with Crippen molar-refractivity contribution in [1.82, 2.24) is 0 Å². The van der Waals surface area contributed by atoms with Crippen molar-refractivity contribution in [2.45, 2.75) is 26.2 Å². The summed E-state index contributed by atoms with van der Waals surface area (Å²) in [6.45, 7) is 6.54. The fourth-order valence-corrected chi connectivity index (χ4v) is 0.879. The average Bonchev–Trinajstić information content (AvgIpc) is 1.98. The van der Waals surface area contributed by atoms with Gasteiger partial charge in [-0.3, -0.25) is 0 Å². The van der Waals surface area contributed by atoms with Crippen LogP contribution >= 0.6 is 0 Å². The molecule has 0 amide bonds. The third kappa shape index (κ3) is 4.33. The van der Waals surface area contributed by atoms with Crippen LogP contribution in [0.4, 0.5) is 0 Å². The Bertz CT molecular complexity index is 114. The van der Waals surface area contributed by atoms with Gasteiger partial charge in [0.15, 0.2) is 0 Å². The lowest BCUT2D eigenvalue weighted by atomic mass is 10.1. The molecule has 0 aliphatic carbocycles. The predicted molar refractivity (Wildman–Crippen MR) is 46.9 cm³/mol. The van der Waals surface area contributed by atoms with Gasteiger partial charge in [-0.1, -0.05) is 17.7 Å². The Balaban J connectivity index is 3.51. The van der Waals surface area contributed by atoms with Gasteiger partial charge in [0, 0.05) is 0 Å². The molecule has 0 aromatic heterocycles. The molecule has 0 aliphatic rings. The minimum atomic E-state index is 0.786. The molecule has 2 N–H and O–H groups in total. The summed E-state index contributed by atoms with van der Waals surface area (Å²) in [6.07, 6.45) is 7.31. The van der Waals surface area contributed by atoms with Gasteiger partial charge in [0.25, 0.3) is 0 Å². The minimum absolute atomic E-state index is 0.786. The fourth-order valence-electron chi connectivity index (χ4n) is 0.879.